The minimum Gasteiger partial charge on any atom is -0.379 e. The van der Waals surface area contributed by atoms with Crippen molar-refractivity contribution >= 4 is 39.9 Å². The number of thiazole rings is 1. The number of hydrazine groups is 1. The van der Waals surface area contributed by atoms with Crippen molar-refractivity contribution in [1.29, 1.82) is 0 Å². The number of anilines is 1. The van der Waals surface area contributed by atoms with Crippen LogP contribution in [0.4, 0.5) is 11.0 Å². The van der Waals surface area contributed by atoms with Crippen LogP contribution >= 0.6 is 22.9 Å². The molecule has 1 aromatic carbocycles. The highest BCUT2D eigenvalue weighted by Crippen LogP contribution is 2.26. The molecule has 2 N–H and O–H groups in total. The number of nitrogens with zero attached hydrogens (tertiary/aromatic N) is 3. The molecule has 11 heteroatoms. The predicted molar refractivity (Wildman–Crippen MR) is 86.8 cm³/mol. The van der Waals surface area contributed by atoms with Crippen LogP contribution in [-0.2, 0) is 0 Å². The Morgan fingerprint density at radius 1 is 1.33 bits per heavy atom. The Bertz CT molecular complexity index is 892. The first kappa shape index (κ1) is 15.9. The summed E-state index contributed by atoms with van der Waals surface area (Å²) in [6, 6.07) is 6.37. The number of hydrogen-bond acceptors (Lipinski definition) is 8. The molecule has 0 aliphatic rings. The topological polar surface area (TPSA) is 123 Å². The van der Waals surface area contributed by atoms with Crippen molar-refractivity contribution in [2.75, 3.05) is 5.43 Å². The lowest BCUT2D eigenvalue weighted by molar-refractivity contribution is -0.401. The van der Waals surface area contributed by atoms with Gasteiger partial charge in [0, 0.05) is 16.0 Å². The summed E-state index contributed by atoms with van der Waals surface area (Å²) in [7, 11) is 0. The Morgan fingerprint density at radius 2 is 2.08 bits per heavy atom. The van der Waals surface area contributed by atoms with Gasteiger partial charge in [0.2, 0.25) is 5.13 Å². The average molecular weight is 366 g/mol. The van der Waals surface area contributed by atoms with Crippen LogP contribution in [0.5, 0.6) is 0 Å². The lowest BCUT2D eigenvalue weighted by Gasteiger charge is -2.05. The molecule has 24 heavy (non-hydrogen) atoms. The largest absolute Gasteiger partial charge is 0.453 e. The summed E-state index contributed by atoms with van der Waals surface area (Å²) < 4.78 is 4.96. The summed E-state index contributed by atoms with van der Waals surface area (Å²) in [5, 5.41) is 13.1. The van der Waals surface area contributed by atoms with E-state index in [0.29, 0.717) is 21.4 Å². The number of halogens is 1. The summed E-state index contributed by atoms with van der Waals surface area (Å²) in [6.45, 7) is 0. The van der Waals surface area contributed by atoms with Gasteiger partial charge in [-0.15, -0.1) is 11.3 Å². The molecule has 0 spiro atoms. The van der Waals surface area contributed by atoms with Gasteiger partial charge in [-0.3, -0.25) is 25.8 Å². The Morgan fingerprint density at radius 3 is 2.75 bits per heavy atom. The highest BCUT2D eigenvalue weighted by molar-refractivity contribution is 7.14. The molecule has 0 fully saturated rings. The minimum atomic E-state index is -0.686. The maximum absolute atomic E-state index is 11.9. The first-order chi connectivity index (χ1) is 11.5. The normalized spacial score (nSPS) is 10.4. The van der Waals surface area contributed by atoms with Gasteiger partial charge in [-0.2, -0.15) is 0 Å². The molecular formula is C13H8ClN5O4S. The number of hydrogen-bond donors (Lipinski definition) is 2. The molecule has 9 nitrogen and oxygen atoms in total. The zero-order valence-corrected chi connectivity index (χ0v) is 13.3. The maximum atomic E-state index is 11.9. The van der Waals surface area contributed by atoms with Crippen LogP contribution in [0.1, 0.15) is 10.4 Å². The second kappa shape index (κ2) is 6.64. The summed E-state index contributed by atoms with van der Waals surface area (Å²) >= 11 is 6.93. The molecule has 2 heterocycles. The second-order valence-corrected chi connectivity index (χ2v) is 5.68. The van der Waals surface area contributed by atoms with E-state index < -0.39 is 10.8 Å². The molecule has 0 unspecified atom stereocenters. The zero-order chi connectivity index (χ0) is 17.1. The van der Waals surface area contributed by atoms with Gasteiger partial charge in [0.15, 0.2) is 0 Å². The van der Waals surface area contributed by atoms with Gasteiger partial charge in [0.25, 0.3) is 11.8 Å². The number of carbonyl (C=O) groups excluding carboxylic acids is 1. The zero-order valence-electron chi connectivity index (χ0n) is 11.7. The molecule has 0 atom stereocenters. The summed E-state index contributed by atoms with van der Waals surface area (Å²) in [5.41, 5.74) is 5.87. The molecule has 1 amide bonds. The summed E-state index contributed by atoms with van der Waals surface area (Å²) in [4.78, 5) is 29.7. The van der Waals surface area contributed by atoms with Gasteiger partial charge in [-0.05, 0) is 24.3 Å². The van der Waals surface area contributed by atoms with E-state index in [1.165, 1.54) is 11.3 Å². The van der Waals surface area contributed by atoms with E-state index in [9.17, 15) is 14.9 Å². The fraction of sp³-hybridized carbons (Fsp3) is 0. The third kappa shape index (κ3) is 3.50. The maximum Gasteiger partial charge on any atom is 0.453 e. The van der Waals surface area contributed by atoms with E-state index in [0.717, 1.165) is 6.20 Å². The number of carbonyl (C=O) groups is 1. The number of nitro groups is 1. The molecule has 2 aromatic heterocycles. The number of benzene rings is 1. The third-order valence-electron chi connectivity index (χ3n) is 2.79. The highest BCUT2D eigenvalue weighted by Gasteiger charge is 2.17. The van der Waals surface area contributed by atoms with Crippen LogP contribution < -0.4 is 10.9 Å². The van der Waals surface area contributed by atoms with Crippen LogP contribution in [0.25, 0.3) is 11.6 Å². The van der Waals surface area contributed by atoms with Crippen LogP contribution in [0.2, 0.25) is 5.02 Å². The van der Waals surface area contributed by atoms with Gasteiger partial charge in [-0.25, -0.2) is 9.97 Å². The van der Waals surface area contributed by atoms with Crippen LogP contribution in [0.15, 0.2) is 40.3 Å². The monoisotopic (exact) mass is 365 g/mol. The number of oxazole rings is 1. The van der Waals surface area contributed by atoms with Gasteiger partial charge in [0.05, 0.1) is 0 Å². The fourth-order valence-electron chi connectivity index (χ4n) is 1.68. The Labute approximate surface area is 143 Å². The van der Waals surface area contributed by atoms with Crippen molar-refractivity contribution in [1.82, 2.24) is 15.4 Å². The molecule has 0 aliphatic carbocycles. The van der Waals surface area contributed by atoms with Crippen molar-refractivity contribution in [2.24, 2.45) is 0 Å². The summed E-state index contributed by atoms with van der Waals surface area (Å²) in [5.74, 6) is -0.811. The van der Waals surface area contributed by atoms with Gasteiger partial charge in [0.1, 0.15) is 16.8 Å². The number of amides is 1. The van der Waals surface area contributed by atoms with Crippen molar-refractivity contribution in [3.8, 4) is 11.6 Å². The molecule has 0 saturated heterocycles. The van der Waals surface area contributed by atoms with Crippen molar-refractivity contribution < 1.29 is 14.1 Å². The van der Waals surface area contributed by atoms with Crippen molar-refractivity contribution in [3.05, 3.63) is 56.5 Å². The lowest BCUT2D eigenvalue weighted by atomic mass is 10.2. The van der Waals surface area contributed by atoms with Crippen LogP contribution in [0.3, 0.4) is 0 Å². The number of rotatable bonds is 5. The SMILES string of the molecule is O=C(NNc1nc(-c2ncc([N+](=O)[O-])o2)cs1)c1ccc(Cl)cc1. The number of aromatic nitrogens is 2. The molecule has 3 aromatic rings. The highest BCUT2D eigenvalue weighted by atomic mass is 35.5. The van der Waals surface area contributed by atoms with E-state index >= 15 is 0 Å². The summed E-state index contributed by atoms with van der Waals surface area (Å²) in [6.07, 6.45) is 1.00. The second-order valence-electron chi connectivity index (χ2n) is 4.38. The third-order valence-corrected chi connectivity index (χ3v) is 3.80. The van der Waals surface area contributed by atoms with Crippen LogP contribution in [0, 0.1) is 10.1 Å². The Kier molecular flexibility index (Phi) is 4.40. The van der Waals surface area contributed by atoms with E-state index in [-0.39, 0.29) is 11.8 Å². The van der Waals surface area contributed by atoms with Gasteiger partial charge in [-0.1, -0.05) is 11.6 Å². The fourth-order valence-corrected chi connectivity index (χ4v) is 2.45. The van der Waals surface area contributed by atoms with E-state index in [1.54, 1.807) is 29.6 Å². The number of nitrogens with one attached hydrogen (secondary N) is 2. The quantitative estimate of drug-likeness (QED) is 0.525. The Balaban J connectivity index is 1.64. The van der Waals surface area contributed by atoms with Gasteiger partial charge < -0.3 is 4.42 Å². The Hall–Kier alpha value is -2.98. The van der Waals surface area contributed by atoms with Crippen LogP contribution in [-0.4, -0.2) is 20.8 Å². The first-order valence-electron chi connectivity index (χ1n) is 6.41. The molecule has 0 bridgehead atoms. The smallest absolute Gasteiger partial charge is 0.379 e. The van der Waals surface area contributed by atoms with Crippen molar-refractivity contribution in [2.45, 2.75) is 0 Å². The lowest BCUT2D eigenvalue weighted by Crippen LogP contribution is -2.29. The van der Waals surface area contributed by atoms with E-state index in [4.69, 9.17) is 16.0 Å². The molecule has 0 saturated carbocycles. The predicted octanol–water partition coefficient (Wildman–Crippen LogP) is 3.12. The average Bonchev–Trinajstić information content (AvgIpc) is 3.22. The minimum absolute atomic E-state index is 0.0232. The molecule has 0 aliphatic heterocycles. The van der Waals surface area contributed by atoms with Crippen molar-refractivity contribution in [3.63, 3.8) is 0 Å². The van der Waals surface area contributed by atoms with E-state index in [1.807, 2.05) is 0 Å². The molecule has 122 valence electrons. The molecular weight excluding hydrogens is 358 g/mol. The molecule has 3 rings (SSSR count). The first-order valence-corrected chi connectivity index (χ1v) is 7.67. The standard InChI is InChI=1S/C13H8ClN5O4S/c14-8-3-1-7(2-4-8)11(20)17-18-13-16-9(6-24-13)12-15-5-10(23-12)19(21)22/h1-6H,(H,16,18)(H,17,20). The van der Waals surface area contributed by atoms with Gasteiger partial charge >= 0.3 is 5.88 Å². The molecule has 0 radical (unpaired) electrons. The van der Waals surface area contributed by atoms with E-state index in [2.05, 4.69) is 20.8 Å².